The summed E-state index contributed by atoms with van der Waals surface area (Å²) >= 11 is 7.26. The number of nitrogens with zero attached hydrogens (tertiary/aromatic N) is 2. The molecule has 1 aromatic heterocycles. The number of hydrogen-bond donors (Lipinski definition) is 0. The number of ether oxygens (including phenoxy) is 3. The Balaban J connectivity index is 2.14. The van der Waals surface area contributed by atoms with E-state index in [9.17, 15) is 9.59 Å². The number of aromatic nitrogens is 1. The van der Waals surface area contributed by atoms with Crippen LogP contribution in [0.1, 0.15) is 39.6 Å². The lowest BCUT2D eigenvalue weighted by molar-refractivity contribution is 0.00981. The van der Waals surface area contributed by atoms with Crippen LogP contribution in [0.5, 0.6) is 5.75 Å². The molecule has 7 nitrogen and oxygen atoms in total. The molecule has 2 heterocycles. The van der Waals surface area contributed by atoms with Crippen LogP contribution in [-0.4, -0.2) is 37.3 Å². The van der Waals surface area contributed by atoms with Crippen molar-refractivity contribution in [2.75, 3.05) is 20.8 Å². The van der Waals surface area contributed by atoms with Crippen LogP contribution >= 0.6 is 22.9 Å². The molecule has 0 spiro atoms. The van der Waals surface area contributed by atoms with E-state index in [0.717, 1.165) is 4.88 Å². The van der Waals surface area contributed by atoms with Crippen molar-refractivity contribution in [2.24, 2.45) is 4.99 Å². The summed E-state index contributed by atoms with van der Waals surface area (Å²) in [5.74, 6) is -0.566. The summed E-state index contributed by atoms with van der Waals surface area (Å²) in [5.41, 5.74) is -0.110. The van der Waals surface area contributed by atoms with Crippen molar-refractivity contribution in [1.29, 1.82) is 0 Å². The maximum Gasteiger partial charge on any atom is 0.357 e. The van der Waals surface area contributed by atoms with Gasteiger partial charge in [-0.15, -0.1) is 0 Å². The highest BCUT2D eigenvalue weighted by Crippen LogP contribution is 2.37. The molecule has 0 radical (unpaired) electrons. The number of carbonyl (C=O) groups excluding carboxylic acids is 2. The van der Waals surface area contributed by atoms with Gasteiger partial charge in [-0.05, 0) is 32.0 Å². The van der Waals surface area contributed by atoms with E-state index in [4.69, 9.17) is 25.8 Å². The van der Waals surface area contributed by atoms with Gasteiger partial charge in [0.1, 0.15) is 17.0 Å². The first-order chi connectivity index (χ1) is 12.8. The second-order valence-corrected chi connectivity index (χ2v) is 7.78. The number of fused-ring (bicyclic) bond motifs is 1. The summed E-state index contributed by atoms with van der Waals surface area (Å²) in [6.07, 6.45) is 0. The fourth-order valence-corrected chi connectivity index (χ4v) is 4.17. The van der Waals surface area contributed by atoms with Crippen LogP contribution in [0.2, 0.25) is 5.02 Å². The predicted molar refractivity (Wildman–Crippen MR) is 101 cm³/mol. The van der Waals surface area contributed by atoms with Crippen molar-refractivity contribution in [3.63, 3.8) is 0 Å². The summed E-state index contributed by atoms with van der Waals surface area (Å²) in [6.45, 7) is 4.34. The lowest BCUT2D eigenvalue weighted by Gasteiger charge is -2.15. The van der Waals surface area contributed by atoms with Crippen molar-refractivity contribution in [2.45, 2.75) is 26.0 Å². The number of hydrogen-bond acceptors (Lipinski definition) is 6. The van der Waals surface area contributed by atoms with Gasteiger partial charge in [-0.3, -0.25) is 4.79 Å². The van der Waals surface area contributed by atoms with E-state index in [1.165, 1.54) is 24.5 Å². The number of carbonyl (C=O) groups is 2. The van der Waals surface area contributed by atoms with Crippen LogP contribution in [-0.2, 0) is 21.6 Å². The number of benzene rings is 1. The van der Waals surface area contributed by atoms with Crippen molar-refractivity contribution in [3.8, 4) is 5.75 Å². The minimum atomic E-state index is -0.767. The van der Waals surface area contributed by atoms with E-state index >= 15 is 0 Å². The van der Waals surface area contributed by atoms with E-state index in [0.29, 0.717) is 34.4 Å². The van der Waals surface area contributed by atoms with Gasteiger partial charge in [-0.25, -0.2) is 4.79 Å². The SMILES string of the molecule is COCCn1c2c(sc1=NC(=O)c1cc(Cl)ccc1OC)C(C)(C)OC2=O. The van der Waals surface area contributed by atoms with Crippen molar-refractivity contribution < 1.29 is 23.8 Å². The molecule has 1 amide bonds. The van der Waals surface area contributed by atoms with Gasteiger partial charge >= 0.3 is 5.97 Å². The fourth-order valence-electron chi connectivity index (χ4n) is 2.82. The second-order valence-electron chi connectivity index (χ2n) is 6.37. The summed E-state index contributed by atoms with van der Waals surface area (Å²) in [7, 11) is 3.03. The van der Waals surface area contributed by atoms with E-state index in [1.807, 2.05) is 0 Å². The lowest BCUT2D eigenvalue weighted by Crippen LogP contribution is -2.24. The minimum absolute atomic E-state index is 0.249. The third kappa shape index (κ3) is 3.65. The molecule has 0 fully saturated rings. The molecular weight excluding hydrogens is 392 g/mol. The van der Waals surface area contributed by atoms with Gasteiger partial charge < -0.3 is 18.8 Å². The van der Waals surface area contributed by atoms with Gasteiger partial charge in [-0.2, -0.15) is 4.99 Å². The first-order valence-corrected chi connectivity index (χ1v) is 9.37. The molecule has 1 aliphatic rings. The topological polar surface area (TPSA) is 79.1 Å². The molecule has 0 aliphatic carbocycles. The van der Waals surface area contributed by atoms with Gasteiger partial charge in [0.05, 0.1) is 24.2 Å². The highest BCUT2D eigenvalue weighted by atomic mass is 35.5. The Labute approximate surface area is 165 Å². The summed E-state index contributed by atoms with van der Waals surface area (Å²) < 4.78 is 17.4. The molecule has 0 atom stereocenters. The molecule has 0 bridgehead atoms. The zero-order chi connectivity index (χ0) is 19.8. The molecule has 0 saturated carbocycles. The Kier molecular flexibility index (Phi) is 5.41. The largest absolute Gasteiger partial charge is 0.496 e. The molecule has 9 heteroatoms. The lowest BCUT2D eigenvalue weighted by atomic mass is 10.1. The molecule has 0 N–H and O–H groups in total. The molecule has 1 aliphatic heterocycles. The molecule has 144 valence electrons. The maximum absolute atomic E-state index is 12.8. The fraction of sp³-hybridized carbons (Fsp3) is 0.389. The summed E-state index contributed by atoms with van der Waals surface area (Å²) in [5, 5.41) is 0.403. The van der Waals surface area contributed by atoms with Gasteiger partial charge in [-0.1, -0.05) is 22.9 Å². The second kappa shape index (κ2) is 7.46. The van der Waals surface area contributed by atoms with E-state index in [-0.39, 0.29) is 5.56 Å². The van der Waals surface area contributed by atoms with Crippen LogP contribution in [0.25, 0.3) is 0 Å². The molecular formula is C18H19ClN2O5S. The molecule has 3 rings (SSSR count). The van der Waals surface area contributed by atoms with Crippen LogP contribution in [0, 0.1) is 0 Å². The average Bonchev–Trinajstić information content (AvgIpc) is 3.08. The first-order valence-electron chi connectivity index (χ1n) is 8.17. The highest BCUT2D eigenvalue weighted by Gasteiger charge is 2.42. The Morgan fingerprint density at radius 2 is 2.11 bits per heavy atom. The van der Waals surface area contributed by atoms with Crippen molar-refractivity contribution in [1.82, 2.24) is 4.57 Å². The zero-order valence-corrected chi connectivity index (χ0v) is 16.9. The third-order valence-electron chi connectivity index (χ3n) is 4.11. The maximum atomic E-state index is 12.8. The van der Waals surface area contributed by atoms with Gasteiger partial charge in [0.2, 0.25) is 0 Å². The van der Waals surface area contributed by atoms with Gasteiger partial charge in [0.15, 0.2) is 4.80 Å². The number of esters is 1. The molecule has 0 unspecified atom stereocenters. The van der Waals surface area contributed by atoms with Crippen molar-refractivity contribution >= 4 is 34.8 Å². The highest BCUT2D eigenvalue weighted by molar-refractivity contribution is 7.09. The Hall–Kier alpha value is -2.16. The number of halogens is 1. The zero-order valence-electron chi connectivity index (χ0n) is 15.4. The smallest absolute Gasteiger partial charge is 0.357 e. The van der Waals surface area contributed by atoms with E-state index < -0.39 is 17.5 Å². The first kappa shape index (κ1) is 19.6. The number of cyclic esters (lactones) is 1. The number of methoxy groups -OCH3 is 2. The Morgan fingerprint density at radius 3 is 2.78 bits per heavy atom. The predicted octanol–water partition coefficient (Wildman–Crippen LogP) is 3.00. The average molecular weight is 411 g/mol. The Morgan fingerprint density at radius 1 is 1.37 bits per heavy atom. The van der Waals surface area contributed by atoms with E-state index in [2.05, 4.69) is 4.99 Å². The van der Waals surface area contributed by atoms with Crippen LogP contribution in [0.3, 0.4) is 0 Å². The van der Waals surface area contributed by atoms with Crippen LogP contribution in [0.15, 0.2) is 23.2 Å². The Bertz CT molecular complexity index is 977. The molecule has 0 saturated heterocycles. The standard InChI is InChI=1S/C18H19ClN2O5S/c1-18(2)14-13(16(23)26-18)21(7-8-24-3)17(27-14)20-15(22)11-9-10(19)5-6-12(11)25-4/h5-6,9H,7-8H2,1-4H3. The summed E-state index contributed by atoms with van der Waals surface area (Å²) in [6, 6.07) is 4.75. The minimum Gasteiger partial charge on any atom is -0.496 e. The number of amides is 1. The van der Waals surface area contributed by atoms with Crippen molar-refractivity contribution in [3.05, 3.63) is 44.2 Å². The van der Waals surface area contributed by atoms with Crippen LogP contribution in [0.4, 0.5) is 0 Å². The number of thiazole rings is 1. The molecule has 1 aromatic carbocycles. The van der Waals surface area contributed by atoms with E-state index in [1.54, 1.807) is 37.7 Å². The normalized spacial score (nSPS) is 15.6. The quantitative estimate of drug-likeness (QED) is 0.708. The van der Waals surface area contributed by atoms with Gasteiger partial charge in [0, 0.05) is 18.7 Å². The molecule has 2 aromatic rings. The molecule has 27 heavy (non-hydrogen) atoms. The third-order valence-corrected chi connectivity index (χ3v) is 5.72. The monoisotopic (exact) mass is 410 g/mol. The van der Waals surface area contributed by atoms with Crippen LogP contribution < -0.4 is 9.54 Å². The summed E-state index contributed by atoms with van der Waals surface area (Å²) in [4.78, 5) is 30.5. The number of rotatable bonds is 5. The van der Waals surface area contributed by atoms with Gasteiger partial charge in [0.25, 0.3) is 5.91 Å².